The highest BCUT2D eigenvalue weighted by molar-refractivity contribution is 9.10. The first-order valence-corrected chi connectivity index (χ1v) is 7.78. The Kier molecular flexibility index (Phi) is 3.75. The van der Waals surface area contributed by atoms with Gasteiger partial charge in [-0.1, -0.05) is 17.7 Å². The van der Waals surface area contributed by atoms with Gasteiger partial charge in [0.05, 0.1) is 10.0 Å². The van der Waals surface area contributed by atoms with Gasteiger partial charge in [0.2, 0.25) is 5.78 Å². The molecule has 3 nitrogen and oxygen atoms in total. The number of ketones is 1. The van der Waals surface area contributed by atoms with Crippen molar-refractivity contribution in [2.24, 2.45) is 0 Å². The van der Waals surface area contributed by atoms with Crippen LogP contribution in [0.3, 0.4) is 0 Å². The molecular weight excluding hydrogens is 368 g/mol. The number of phenolic OH excluding ortho intramolecular Hbond substituents is 1. The number of carbonyl (C=O) groups excluding carboxylic acids is 1. The number of aryl methyl sites for hydroxylation is 1. The largest absolute Gasteiger partial charge is 0.507 e. The van der Waals surface area contributed by atoms with Gasteiger partial charge in [-0.25, -0.2) is 0 Å². The molecule has 0 radical (unpaired) electrons. The number of hydrogen-bond acceptors (Lipinski definition) is 3. The third-order valence-corrected chi connectivity index (χ3v) is 4.80. The van der Waals surface area contributed by atoms with Gasteiger partial charge in [-0.05, 0) is 70.7 Å². The molecule has 0 saturated carbocycles. The van der Waals surface area contributed by atoms with Crippen molar-refractivity contribution in [1.82, 2.24) is 0 Å². The van der Waals surface area contributed by atoms with Crippen molar-refractivity contribution in [3.05, 3.63) is 61.8 Å². The third kappa shape index (κ3) is 2.42. The van der Waals surface area contributed by atoms with Crippen molar-refractivity contribution in [1.29, 1.82) is 0 Å². The summed E-state index contributed by atoms with van der Waals surface area (Å²) in [6.07, 6.45) is 1.65. The molecule has 0 spiro atoms. The third-order valence-electron chi connectivity index (χ3n) is 3.58. The Labute approximate surface area is 141 Å². The summed E-state index contributed by atoms with van der Waals surface area (Å²) >= 11 is 9.46. The van der Waals surface area contributed by atoms with Crippen molar-refractivity contribution >= 4 is 39.4 Å². The van der Waals surface area contributed by atoms with Crippen molar-refractivity contribution in [3.8, 4) is 11.5 Å². The second kappa shape index (κ2) is 5.45. The summed E-state index contributed by atoms with van der Waals surface area (Å²) in [7, 11) is 0. The van der Waals surface area contributed by atoms with Crippen molar-refractivity contribution in [2.45, 2.75) is 13.8 Å². The molecule has 2 aromatic rings. The molecule has 112 valence electrons. The number of rotatable bonds is 1. The Morgan fingerprint density at radius 1 is 1.27 bits per heavy atom. The van der Waals surface area contributed by atoms with Gasteiger partial charge >= 0.3 is 0 Å². The Bertz CT molecular complexity index is 840. The van der Waals surface area contributed by atoms with E-state index in [1.54, 1.807) is 30.3 Å². The monoisotopic (exact) mass is 378 g/mol. The normalized spacial score (nSPS) is 15.1. The minimum absolute atomic E-state index is 0.141. The summed E-state index contributed by atoms with van der Waals surface area (Å²) in [4.78, 5) is 12.5. The molecule has 0 aliphatic carbocycles. The number of carbonyl (C=O) groups is 1. The van der Waals surface area contributed by atoms with Crippen LogP contribution in [0.5, 0.6) is 11.5 Å². The maximum absolute atomic E-state index is 12.5. The Morgan fingerprint density at radius 3 is 2.68 bits per heavy atom. The quantitative estimate of drug-likeness (QED) is 0.706. The maximum Gasteiger partial charge on any atom is 0.232 e. The molecule has 2 aromatic carbocycles. The molecule has 1 aliphatic heterocycles. The van der Waals surface area contributed by atoms with Gasteiger partial charge in [0.25, 0.3) is 0 Å². The lowest BCUT2D eigenvalue weighted by Crippen LogP contribution is -2.00. The fourth-order valence-corrected chi connectivity index (χ4v) is 2.98. The number of benzene rings is 2. The predicted molar refractivity (Wildman–Crippen MR) is 89.7 cm³/mol. The van der Waals surface area contributed by atoms with Crippen LogP contribution in [0.4, 0.5) is 0 Å². The van der Waals surface area contributed by atoms with Crippen LogP contribution in [0.1, 0.15) is 27.0 Å². The Morgan fingerprint density at radius 2 is 2.00 bits per heavy atom. The first-order valence-electron chi connectivity index (χ1n) is 6.61. The minimum atomic E-state index is -0.182. The molecule has 0 fully saturated rings. The fraction of sp³-hybridized carbons (Fsp3) is 0.118. The molecule has 0 bridgehead atoms. The maximum atomic E-state index is 12.5. The number of halogens is 2. The average Bonchev–Trinajstić information content (AvgIpc) is 2.77. The van der Waals surface area contributed by atoms with Crippen LogP contribution >= 0.6 is 27.5 Å². The molecule has 3 rings (SSSR count). The number of aromatic hydroxyl groups is 1. The zero-order valence-corrected chi connectivity index (χ0v) is 14.2. The fourth-order valence-electron chi connectivity index (χ4n) is 2.43. The SMILES string of the molecule is Cc1cc2c(c(C)c1Cl)C(=O)/C(=C/c1ccc(O)c(Br)c1)O2. The standard InChI is InChI=1S/C17H12BrClO3/c1-8-5-13-15(9(2)16(8)19)17(21)14(22-13)7-10-3-4-12(20)11(18)6-10/h3-7,20H,1-2H3/b14-7-. The van der Waals surface area contributed by atoms with E-state index >= 15 is 0 Å². The molecule has 0 unspecified atom stereocenters. The molecule has 0 aromatic heterocycles. The Hall–Kier alpha value is -1.78. The first kappa shape index (κ1) is 15.1. The predicted octanol–water partition coefficient (Wildman–Crippen LogP) is 5.04. The molecular formula is C17H12BrClO3. The number of allylic oxidation sites excluding steroid dienone is 1. The van der Waals surface area contributed by atoms with E-state index in [0.29, 0.717) is 20.8 Å². The van der Waals surface area contributed by atoms with E-state index in [4.69, 9.17) is 16.3 Å². The number of ether oxygens (including phenoxy) is 1. The van der Waals surface area contributed by atoms with Gasteiger partial charge in [-0.2, -0.15) is 0 Å². The second-order valence-electron chi connectivity index (χ2n) is 5.16. The minimum Gasteiger partial charge on any atom is -0.507 e. The summed E-state index contributed by atoms with van der Waals surface area (Å²) in [5.41, 5.74) is 2.87. The topological polar surface area (TPSA) is 46.5 Å². The number of Topliss-reactive ketones (excluding diaryl/α,β-unsaturated/α-hetero) is 1. The lowest BCUT2D eigenvalue weighted by Gasteiger charge is -2.05. The second-order valence-corrected chi connectivity index (χ2v) is 6.39. The van der Waals surface area contributed by atoms with E-state index in [-0.39, 0.29) is 17.3 Å². The zero-order valence-electron chi connectivity index (χ0n) is 11.9. The molecule has 1 aliphatic rings. The summed E-state index contributed by atoms with van der Waals surface area (Å²) < 4.78 is 6.24. The first-order chi connectivity index (χ1) is 10.4. The summed E-state index contributed by atoms with van der Waals surface area (Å²) in [5.74, 6) is 0.742. The van der Waals surface area contributed by atoms with Crippen LogP contribution in [0.2, 0.25) is 5.02 Å². The molecule has 0 saturated heterocycles. The molecule has 5 heteroatoms. The molecule has 22 heavy (non-hydrogen) atoms. The van der Waals surface area contributed by atoms with E-state index in [2.05, 4.69) is 15.9 Å². The molecule has 0 amide bonds. The van der Waals surface area contributed by atoms with Gasteiger partial charge in [0, 0.05) is 5.02 Å². The zero-order chi connectivity index (χ0) is 16.0. The van der Waals surface area contributed by atoms with Crippen LogP contribution in [0, 0.1) is 13.8 Å². The van der Waals surface area contributed by atoms with E-state index in [0.717, 1.165) is 16.7 Å². The van der Waals surface area contributed by atoms with Crippen LogP contribution in [-0.4, -0.2) is 10.9 Å². The van der Waals surface area contributed by atoms with Gasteiger partial charge in [-0.15, -0.1) is 0 Å². The Balaban J connectivity index is 2.05. The van der Waals surface area contributed by atoms with Crippen molar-refractivity contribution in [3.63, 3.8) is 0 Å². The summed E-state index contributed by atoms with van der Waals surface area (Å²) in [5, 5.41) is 10.1. The van der Waals surface area contributed by atoms with Crippen molar-refractivity contribution in [2.75, 3.05) is 0 Å². The van der Waals surface area contributed by atoms with Crippen LogP contribution < -0.4 is 4.74 Å². The summed E-state index contributed by atoms with van der Waals surface area (Å²) in [6, 6.07) is 6.75. The van der Waals surface area contributed by atoms with Crippen LogP contribution in [0.25, 0.3) is 6.08 Å². The number of fused-ring (bicyclic) bond motifs is 1. The average molecular weight is 380 g/mol. The highest BCUT2D eigenvalue weighted by atomic mass is 79.9. The lowest BCUT2D eigenvalue weighted by molar-refractivity contribution is 0.101. The van der Waals surface area contributed by atoms with Gasteiger partial charge in [-0.3, -0.25) is 4.79 Å². The summed E-state index contributed by atoms with van der Waals surface area (Å²) in [6.45, 7) is 3.69. The van der Waals surface area contributed by atoms with Gasteiger partial charge in [0.1, 0.15) is 11.5 Å². The van der Waals surface area contributed by atoms with Crippen LogP contribution in [0.15, 0.2) is 34.5 Å². The lowest BCUT2D eigenvalue weighted by atomic mass is 10.0. The smallest absolute Gasteiger partial charge is 0.232 e. The molecule has 0 atom stereocenters. The van der Waals surface area contributed by atoms with E-state index < -0.39 is 0 Å². The highest BCUT2D eigenvalue weighted by Gasteiger charge is 2.30. The van der Waals surface area contributed by atoms with E-state index in [1.165, 1.54) is 0 Å². The molecule has 1 heterocycles. The van der Waals surface area contributed by atoms with E-state index in [9.17, 15) is 9.90 Å². The molecule has 1 N–H and O–H groups in total. The number of phenols is 1. The van der Waals surface area contributed by atoms with Gasteiger partial charge < -0.3 is 9.84 Å². The highest BCUT2D eigenvalue weighted by Crippen LogP contribution is 2.39. The van der Waals surface area contributed by atoms with Crippen LogP contribution in [-0.2, 0) is 0 Å². The number of hydrogen-bond donors (Lipinski definition) is 1. The van der Waals surface area contributed by atoms with Crippen molar-refractivity contribution < 1.29 is 14.6 Å². The van der Waals surface area contributed by atoms with E-state index in [1.807, 2.05) is 13.8 Å². The van der Waals surface area contributed by atoms with Gasteiger partial charge in [0.15, 0.2) is 5.76 Å².